The van der Waals surface area contributed by atoms with Gasteiger partial charge in [0.05, 0.1) is 11.6 Å². The molecule has 0 aliphatic heterocycles. The number of carbonyl (C=O) groups is 1. The van der Waals surface area contributed by atoms with Crippen molar-refractivity contribution in [3.05, 3.63) is 35.3 Å². The maximum absolute atomic E-state index is 11.1. The van der Waals surface area contributed by atoms with Crippen molar-refractivity contribution in [3.63, 3.8) is 0 Å². The van der Waals surface area contributed by atoms with Crippen LogP contribution in [0.2, 0.25) is 0 Å². The fourth-order valence-corrected chi connectivity index (χ4v) is 2.03. The highest BCUT2D eigenvalue weighted by atomic mass is 16.4. The quantitative estimate of drug-likeness (QED) is 0.886. The number of aliphatic carboxylic acids is 1. The highest BCUT2D eigenvalue weighted by molar-refractivity contribution is 5.76. The molecule has 2 aromatic heterocycles. The van der Waals surface area contributed by atoms with Gasteiger partial charge in [-0.2, -0.15) is 10.2 Å². The van der Waals surface area contributed by atoms with Crippen LogP contribution in [0.25, 0.3) is 5.82 Å². The minimum absolute atomic E-state index is 0.585. The zero-order valence-electron chi connectivity index (χ0n) is 10.5. The minimum atomic E-state index is -0.861. The second kappa shape index (κ2) is 4.56. The fraction of sp³-hybridized carbons (Fsp3) is 0.333. The third-order valence-corrected chi connectivity index (χ3v) is 2.93. The van der Waals surface area contributed by atoms with Crippen LogP contribution in [-0.4, -0.2) is 31.1 Å². The Bertz CT molecular complexity index is 577. The van der Waals surface area contributed by atoms with E-state index in [1.165, 1.54) is 0 Å². The molecular formula is C12H14N4O2. The summed E-state index contributed by atoms with van der Waals surface area (Å²) in [5, 5.41) is 21.2. The first-order valence-electron chi connectivity index (χ1n) is 5.59. The van der Waals surface area contributed by atoms with Crippen LogP contribution in [0.15, 0.2) is 18.3 Å². The summed E-state index contributed by atoms with van der Waals surface area (Å²) in [6, 6.07) is 3.54. The Morgan fingerprint density at radius 1 is 1.44 bits per heavy atom. The third kappa shape index (κ3) is 1.97. The molecule has 0 saturated carbocycles. The average molecular weight is 246 g/mol. The molecule has 0 bridgehead atoms. The van der Waals surface area contributed by atoms with Crippen molar-refractivity contribution in [1.82, 2.24) is 20.0 Å². The average Bonchev–Trinajstić information content (AvgIpc) is 2.65. The molecule has 18 heavy (non-hydrogen) atoms. The molecule has 0 saturated heterocycles. The van der Waals surface area contributed by atoms with Crippen molar-refractivity contribution in [1.29, 1.82) is 0 Å². The lowest BCUT2D eigenvalue weighted by Gasteiger charge is -2.07. The highest BCUT2D eigenvalue weighted by Crippen LogP contribution is 2.24. The maximum atomic E-state index is 11.1. The largest absolute Gasteiger partial charge is 0.481 e. The number of rotatable bonds is 3. The second-order valence-electron chi connectivity index (χ2n) is 4.14. The molecule has 1 atom stereocenters. The number of nitrogens with zero attached hydrogens (tertiary/aromatic N) is 4. The van der Waals surface area contributed by atoms with E-state index in [4.69, 9.17) is 5.11 Å². The molecule has 2 rings (SSSR count). The van der Waals surface area contributed by atoms with Crippen LogP contribution in [0.1, 0.15) is 29.8 Å². The van der Waals surface area contributed by atoms with Crippen molar-refractivity contribution in [3.8, 4) is 5.82 Å². The summed E-state index contributed by atoms with van der Waals surface area (Å²) in [6.07, 6.45) is 1.58. The van der Waals surface area contributed by atoms with Gasteiger partial charge >= 0.3 is 5.97 Å². The van der Waals surface area contributed by atoms with Crippen LogP contribution in [0.4, 0.5) is 0 Å². The SMILES string of the molecule is Cc1nn(-c2cccnn2)c(C)c1C(C)C(=O)O. The summed E-state index contributed by atoms with van der Waals surface area (Å²) in [4.78, 5) is 11.1. The zero-order valence-corrected chi connectivity index (χ0v) is 10.5. The molecule has 0 amide bonds. The fourth-order valence-electron chi connectivity index (χ4n) is 2.03. The second-order valence-corrected chi connectivity index (χ2v) is 4.14. The molecule has 2 heterocycles. The predicted molar refractivity (Wildman–Crippen MR) is 64.7 cm³/mol. The van der Waals surface area contributed by atoms with E-state index in [0.29, 0.717) is 11.5 Å². The lowest BCUT2D eigenvalue weighted by atomic mass is 9.99. The Balaban J connectivity index is 2.54. The summed E-state index contributed by atoms with van der Waals surface area (Å²) in [5.41, 5.74) is 2.21. The third-order valence-electron chi connectivity index (χ3n) is 2.93. The molecule has 94 valence electrons. The summed E-state index contributed by atoms with van der Waals surface area (Å²) in [6.45, 7) is 5.29. The van der Waals surface area contributed by atoms with E-state index in [2.05, 4.69) is 15.3 Å². The first kappa shape index (κ1) is 12.2. The Morgan fingerprint density at radius 2 is 2.17 bits per heavy atom. The topological polar surface area (TPSA) is 80.9 Å². The highest BCUT2D eigenvalue weighted by Gasteiger charge is 2.23. The van der Waals surface area contributed by atoms with Gasteiger partial charge in [0.15, 0.2) is 5.82 Å². The van der Waals surface area contributed by atoms with Crippen LogP contribution in [0.5, 0.6) is 0 Å². The molecule has 0 aliphatic rings. The van der Waals surface area contributed by atoms with Gasteiger partial charge in [-0.05, 0) is 32.9 Å². The maximum Gasteiger partial charge on any atom is 0.310 e. The number of hydrogen-bond acceptors (Lipinski definition) is 4. The number of aromatic nitrogens is 4. The Kier molecular flexibility index (Phi) is 3.10. The smallest absolute Gasteiger partial charge is 0.310 e. The minimum Gasteiger partial charge on any atom is -0.481 e. The van der Waals surface area contributed by atoms with Crippen molar-refractivity contribution >= 4 is 5.97 Å². The van der Waals surface area contributed by atoms with E-state index < -0.39 is 11.9 Å². The molecule has 6 heteroatoms. The summed E-state index contributed by atoms with van der Waals surface area (Å²) in [5.74, 6) is -0.864. The Morgan fingerprint density at radius 3 is 2.72 bits per heavy atom. The molecule has 2 aromatic rings. The summed E-state index contributed by atoms with van der Waals surface area (Å²) >= 11 is 0. The molecule has 1 unspecified atom stereocenters. The van der Waals surface area contributed by atoms with Gasteiger partial charge in [0.2, 0.25) is 0 Å². The van der Waals surface area contributed by atoms with Gasteiger partial charge in [0, 0.05) is 17.5 Å². The van der Waals surface area contributed by atoms with E-state index in [1.54, 1.807) is 36.9 Å². The van der Waals surface area contributed by atoms with Crippen LogP contribution in [0.3, 0.4) is 0 Å². The van der Waals surface area contributed by atoms with Crippen molar-refractivity contribution in [2.24, 2.45) is 0 Å². The molecule has 1 N–H and O–H groups in total. The molecule has 0 aromatic carbocycles. The molecule has 0 radical (unpaired) electrons. The van der Waals surface area contributed by atoms with E-state index in [1.807, 2.05) is 6.92 Å². The number of hydrogen-bond donors (Lipinski definition) is 1. The normalized spacial score (nSPS) is 12.4. The number of carboxylic acids is 1. The summed E-state index contributed by atoms with van der Waals surface area (Å²) in [7, 11) is 0. The van der Waals surface area contributed by atoms with Crippen molar-refractivity contribution < 1.29 is 9.90 Å². The molecule has 0 fully saturated rings. The summed E-state index contributed by atoms with van der Waals surface area (Å²) < 4.78 is 1.62. The Labute approximate surface area is 104 Å². The monoisotopic (exact) mass is 246 g/mol. The van der Waals surface area contributed by atoms with Crippen LogP contribution in [-0.2, 0) is 4.79 Å². The van der Waals surface area contributed by atoms with Crippen molar-refractivity contribution in [2.45, 2.75) is 26.7 Å². The van der Waals surface area contributed by atoms with Crippen LogP contribution >= 0.6 is 0 Å². The van der Waals surface area contributed by atoms with Gasteiger partial charge < -0.3 is 5.11 Å². The zero-order chi connectivity index (χ0) is 13.3. The lowest BCUT2D eigenvalue weighted by Crippen LogP contribution is -2.10. The van der Waals surface area contributed by atoms with E-state index in [9.17, 15) is 4.79 Å². The van der Waals surface area contributed by atoms with Crippen LogP contribution in [0, 0.1) is 13.8 Å². The first-order chi connectivity index (χ1) is 8.52. The predicted octanol–water partition coefficient (Wildman–Crippen LogP) is 1.47. The molecule has 0 spiro atoms. The van der Waals surface area contributed by atoms with E-state index in [0.717, 1.165) is 11.3 Å². The van der Waals surface area contributed by atoms with E-state index in [-0.39, 0.29) is 0 Å². The first-order valence-corrected chi connectivity index (χ1v) is 5.59. The lowest BCUT2D eigenvalue weighted by molar-refractivity contribution is -0.138. The van der Waals surface area contributed by atoms with Gasteiger partial charge in [0.25, 0.3) is 0 Å². The van der Waals surface area contributed by atoms with Gasteiger partial charge in [-0.25, -0.2) is 4.68 Å². The van der Waals surface area contributed by atoms with Crippen molar-refractivity contribution in [2.75, 3.05) is 0 Å². The number of carboxylic acid groups (broad SMARTS) is 1. The van der Waals surface area contributed by atoms with Crippen LogP contribution < -0.4 is 0 Å². The standard InChI is InChI=1S/C12H14N4O2/c1-7(12(17)18)11-8(2)15-16(9(11)3)10-5-4-6-13-14-10/h4-7H,1-3H3,(H,17,18). The van der Waals surface area contributed by atoms with Gasteiger partial charge in [-0.15, -0.1) is 5.10 Å². The molecule has 6 nitrogen and oxygen atoms in total. The van der Waals surface area contributed by atoms with Gasteiger partial charge in [-0.3, -0.25) is 4.79 Å². The molecule has 0 aliphatic carbocycles. The Hall–Kier alpha value is -2.24. The van der Waals surface area contributed by atoms with Gasteiger partial charge in [-0.1, -0.05) is 0 Å². The molecular weight excluding hydrogens is 232 g/mol. The van der Waals surface area contributed by atoms with Gasteiger partial charge in [0.1, 0.15) is 0 Å². The number of aryl methyl sites for hydroxylation is 1. The van der Waals surface area contributed by atoms with E-state index >= 15 is 0 Å².